The molecule has 1 nitrogen and oxygen atoms in total. The van der Waals surface area contributed by atoms with Gasteiger partial charge in [-0.15, -0.1) is 0 Å². The molecule has 0 aliphatic carbocycles. The summed E-state index contributed by atoms with van der Waals surface area (Å²) in [4.78, 5) is 0. The molecule has 0 aliphatic rings. The summed E-state index contributed by atoms with van der Waals surface area (Å²) in [5.41, 5.74) is 0. The van der Waals surface area contributed by atoms with Gasteiger partial charge in [0.15, 0.2) is 0 Å². The van der Waals surface area contributed by atoms with Crippen molar-refractivity contribution in [3.05, 3.63) is 0 Å². The minimum absolute atomic E-state index is 0.706. The molecule has 0 spiro atoms. The molecule has 0 fully saturated rings. The minimum atomic E-state index is 0.706. The molecule has 11 heteroatoms. The van der Waals surface area contributed by atoms with E-state index >= 15 is 0 Å². The van der Waals surface area contributed by atoms with E-state index < -0.39 is 0 Å². The molecule has 0 aromatic heterocycles. The summed E-state index contributed by atoms with van der Waals surface area (Å²) in [6.07, 6.45) is 0. The first-order chi connectivity index (χ1) is 6.41. The number of hydrogen-bond donors (Lipinski definition) is 0. The summed E-state index contributed by atoms with van der Waals surface area (Å²) >= 11 is 4.61. The van der Waals surface area contributed by atoms with Crippen LogP contribution in [-0.4, -0.2) is 66.5 Å². The van der Waals surface area contributed by atoms with Crippen molar-refractivity contribution in [3.63, 3.8) is 0 Å². The van der Waals surface area contributed by atoms with Crippen molar-refractivity contribution < 1.29 is 4.65 Å². The fourth-order valence-corrected chi connectivity index (χ4v) is 0.654. The zero-order chi connectivity index (χ0) is 9.78. The molecule has 0 N–H and O–H groups in total. The van der Waals surface area contributed by atoms with Gasteiger partial charge in [0.05, 0.1) is 0 Å². The second-order valence-electron chi connectivity index (χ2n) is 2.07. The Bertz CT molecular complexity index is 232. The van der Waals surface area contributed by atoms with E-state index in [2.05, 4.69) is 12.1 Å². The third-order valence-electron chi connectivity index (χ3n) is 1.09. The van der Waals surface area contributed by atoms with Gasteiger partial charge in [-0.25, -0.2) is 0 Å². The predicted molar refractivity (Wildman–Crippen MR) is 71.0 cm³/mol. The zero-order valence-electron chi connectivity index (χ0n) is 7.72. The van der Waals surface area contributed by atoms with Crippen LogP contribution in [0.4, 0.5) is 0 Å². The van der Waals surface area contributed by atoms with E-state index in [4.69, 9.17) is 4.65 Å². The first kappa shape index (κ1) is 13.6. The summed E-state index contributed by atoms with van der Waals surface area (Å²) in [6.45, 7) is 15.8. The van der Waals surface area contributed by atoms with E-state index in [1.165, 1.54) is 0 Å². The van der Waals surface area contributed by atoms with Crippen LogP contribution in [0, 0.1) is 0 Å². The van der Waals surface area contributed by atoms with Gasteiger partial charge >= 0.3 is 90.1 Å². The monoisotopic (exact) mass is 176 g/mol. The summed E-state index contributed by atoms with van der Waals surface area (Å²) in [5, 5.41) is 0. The second-order valence-corrected chi connectivity index (χ2v) is 2.35. The predicted octanol–water partition coefficient (Wildman–Crippen LogP) is -2.29. The van der Waals surface area contributed by atoms with Crippen LogP contribution >= 0.6 is 12.1 Å². The van der Waals surface area contributed by atoms with Gasteiger partial charge in [-0.05, 0) is 0 Å². The molecule has 0 amide bonds. The van der Waals surface area contributed by atoms with E-state index in [-0.39, 0.29) is 0 Å². The molecule has 0 aromatic rings. The molecule has 52 valence electrons. The Balaban J connectivity index is 3.56. The van der Waals surface area contributed by atoms with Crippen molar-refractivity contribution in [2.45, 2.75) is 6.92 Å². The van der Waals surface area contributed by atoms with Crippen LogP contribution in [-0.2, 0) is 4.65 Å². The zero-order valence-corrected chi connectivity index (χ0v) is 8.54. The van der Waals surface area contributed by atoms with Crippen LogP contribution in [0.5, 0.6) is 0 Å². The van der Waals surface area contributed by atoms with Crippen LogP contribution in [0.15, 0.2) is 0 Å². The van der Waals surface area contributed by atoms with E-state index in [1.807, 2.05) is 47.1 Å². The van der Waals surface area contributed by atoms with Crippen molar-refractivity contribution in [3.8, 4) is 0 Å². The van der Waals surface area contributed by atoms with Crippen molar-refractivity contribution >= 4 is 72.0 Å². The Hall–Kier alpha value is 0.604. The van der Waals surface area contributed by atoms with Crippen LogP contribution in [0.2, 0.25) is 0 Å². The van der Waals surface area contributed by atoms with Crippen molar-refractivity contribution in [2.24, 2.45) is 0 Å². The molecule has 0 heterocycles. The Morgan fingerprint density at radius 2 is 1.46 bits per heavy atom. The fraction of sp³-hybridized carbons (Fsp3) is 1.00. The molecule has 0 unspecified atom stereocenters. The summed E-state index contributed by atoms with van der Waals surface area (Å²) < 4.78 is 4.99. The Kier molecular flexibility index (Phi) is 13.2. The van der Waals surface area contributed by atoms with Crippen LogP contribution in [0.1, 0.15) is 6.92 Å². The van der Waals surface area contributed by atoms with Gasteiger partial charge in [0.2, 0.25) is 0 Å². The molecular weight excluding hydrogens is 169 g/mol. The topological polar surface area (TPSA) is 9.23 Å². The summed E-state index contributed by atoms with van der Waals surface area (Å²) in [7, 11) is 1.66. The van der Waals surface area contributed by atoms with E-state index in [1.54, 1.807) is 19.7 Å². The van der Waals surface area contributed by atoms with Gasteiger partial charge in [-0.2, -0.15) is 0 Å². The van der Waals surface area contributed by atoms with Crippen molar-refractivity contribution in [1.29, 1.82) is 0 Å². The second kappa shape index (κ2) is 12.6. The molecule has 0 aliphatic heterocycles. The number of rotatable bonds is 6. The van der Waals surface area contributed by atoms with Crippen LogP contribution < -0.4 is 0 Å². The fourth-order valence-electron chi connectivity index (χ4n) is 0.563. The third-order valence-corrected chi connectivity index (χ3v) is 1.24. The Morgan fingerprint density at radius 3 is 2.00 bits per heavy atom. The molecule has 0 radical (unpaired) electrons. The maximum absolute atomic E-state index is 4.99. The number of hydrogen-bond acceptors (Lipinski definition) is 2. The van der Waals surface area contributed by atoms with E-state index in [9.17, 15) is 0 Å². The first-order valence-corrected chi connectivity index (χ1v) is 4.61. The maximum atomic E-state index is 4.99. The van der Waals surface area contributed by atoms with Gasteiger partial charge < -0.3 is 0 Å². The van der Waals surface area contributed by atoms with Gasteiger partial charge in [-0.1, -0.05) is 0 Å². The average molecular weight is 174 g/mol. The normalized spacial score (nSPS) is 7.15. The van der Waals surface area contributed by atoms with Gasteiger partial charge in [0, 0.05) is 0 Å². The molecule has 13 heavy (non-hydrogen) atoms. The standard InChI is InChI=1S/C2H5B9OS/c1-2-12-10-8-6-4-3-5-7-9-11-13/h2H2,1H3. The molecule has 0 rings (SSSR count). The first-order valence-electron chi connectivity index (χ1n) is 4.13. The summed E-state index contributed by atoms with van der Waals surface area (Å²) in [6, 6.07) is 1.57. The van der Waals surface area contributed by atoms with Gasteiger partial charge in [0.1, 0.15) is 0 Å². The van der Waals surface area contributed by atoms with Gasteiger partial charge in [0.25, 0.3) is 0 Å². The van der Waals surface area contributed by atoms with Crippen LogP contribution in [0.3, 0.4) is 0 Å². The molecular formula is C2H5B9OS. The average Bonchev–Trinajstić information content (AvgIpc) is 2.16. The van der Waals surface area contributed by atoms with E-state index in [0.717, 1.165) is 0 Å². The Morgan fingerprint density at radius 1 is 0.923 bits per heavy atom. The van der Waals surface area contributed by atoms with Crippen LogP contribution in [0.25, 0.3) is 0 Å². The molecule has 0 aromatic carbocycles. The summed E-state index contributed by atoms with van der Waals surface area (Å²) in [5.74, 6) is 0. The molecule has 0 bridgehead atoms. The van der Waals surface area contributed by atoms with Gasteiger partial charge in [-0.3, -0.25) is 0 Å². The SMILES string of the molecule is CCOB=BB=BB=BB=BB=S. The molecule has 0 atom stereocenters. The Labute approximate surface area is 90.3 Å². The van der Waals surface area contributed by atoms with Crippen molar-refractivity contribution in [1.82, 2.24) is 0 Å². The molecule has 0 saturated heterocycles. The van der Waals surface area contributed by atoms with E-state index in [0.29, 0.717) is 6.61 Å². The molecule has 0 saturated carbocycles. The van der Waals surface area contributed by atoms with Crippen molar-refractivity contribution in [2.75, 3.05) is 6.61 Å². The third kappa shape index (κ3) is 12.6. The quantitative estimate of drug-likeness (QED) is 0.419.